The molecule has 0 saturated carbocycles. The van der Waals surface area contributed by atoms with Crippen LogP contribution in [-0.2, 0) is 11.2 Å². The van der Waals surface area contributed by atoms with Gasteiger partial charge in [0.15, 0.2) is 5.96 Å². The van der Waals surface area contributed by atoms with Gasteiger partial charge in [-0.1, -0.05) is 12.1 Å². The molecule has 2 N–H and O–H groups in total. The fourth-order valence-electron chi connectivity index (χ4n) is 2.08. The quantitative estimate of drug-likeness (QED) is 0.445. The molecule has 0 aliphatic rings. The molecular formula is C16H24N4OS. The minimum atomic E-state index is 0.697. The number of thiazole rings is 1. The van der Waals surface area contributed by atoms with E-state index in [9.17, 15) is 0 Å². The first kappa shape index (κ1) is 16.7. The molecule has 6 heteroatoms. The van der Waals surface area contributed by atoms with Crippen molar-refractivity contribution < 1.29 is 4.74 Å². The molecular weight excluding hydrogens is 296 g/mol. The molecule has 0 amide bonds. The molecule has 0 aliphatic carbocycles. The largest absolute Gasteiger partial charge is 0.380 e. The summed E-state index contributed by atoms with van der Waals surface area (Å²) in [5.41, 5.74) is 1.10. The van der Waals surface area contributed by atoms with Crippen molar-refractivity contribution in [3.63, 3.8) is 0 Å². The monoisotopic (exact) mass is 320 g/mol. The van der Waals surface area contributed by atoms with E-state index in [1.165, 1.54) is 9.71 Å². The summed E-state index contributed by atoms with van der Waals surface area (Å²) in [4.78, 5) is 8.84. The standard InChI is InChI=1S/C16H24N4OS/c1-3-21-12-11-19-16(17-2)18-10-6-9-15-20-13-7-4-5-8-14(13)22-15/h4-5,7-8H,3,6,9-12H2,1-2H3,(H2,17,18,19). The van der Waals surface area contributed by atoms with Crippen LogP contribution in [0.1, 0.15) is 18.4 Å². The van der Waals surface area contributed by atoms with Gasteiger partial charge in [-0.15, -0.1) is 11.3 Å². The molecule has 0 radical (unpaired) electrons. The number of hydrogen-bond acceptors (Lipinski definition) is 4. The highest BCUT2D eigenvalue weighted by Gasteiger charge is 2.03. The third kappa shape index (κ3) is 5.27. The van der Waals surface area contributed by atoms with E-state index in [1.54, 1.807) is 18.4 Å². The average molecular weight is 320 g/mol. The van der Waals surface area contributed by atoms with Crippen LogP contribution < -0.4 is 10.6 Å². The lowest BCUT2D eigenvalue weighted by atomic mass is 10.3. The number of guanidine groups is 1. The first-order chi connectivity index (χ1) is 10.8. The second-order valence-corrected chi connectivity index (χ2v) is 5.92. The minimum absolute atomic E-state index is 0.697. The Morgan fingerprint density at radius 3 is 2.86 bits per heavy atom. The third-order valence-corrected chi connectivity index (χ3v) is 4.26. The minimum Gasteiger partial charge on any atom is -0.380 e. The number of aromatic nitrogens is 1. The van der Waals surface area contributed by atoms with Crippen LogP contribution in [-0.4, -0.2) is 44.3 Å². The summed E-state index contributed by atoms with van der Waals surface area (Å²) in [6.45, 7) is 5.09. The van der Waals surface area contributed by atoms with Gasteiger partial charge in [0.05, 0.1) is 21.8 Å². The molecule has 0 fully saturated rings. The van der Waals surface area contributed by atoms with Crippen LogP contribution in [0.15, 0.2) is 29.3 Å². The van der Waals surface area contributed by atoms with E-state index in [2.05, 4.69) is 38.8 Å². The Bertz CT molecular complexity index is 564. The van der Waals surface area contributed by atoms with Crippen LogP contribution in [0, 0.1) is 0 Å². The maximum atomic E-state index is 5.29. The van der Waals surface area contributed by atoms with Crippen LogP contribution in [0.4, 0.5) is 0 Å². The number of nitrogens with one attached hydrogen (secondary N) is 2. The maximum absolute atomic E-state index is 5.29. The Balaban J connectivity index is 1.67. The van der Waals surface area contributed by atoms with Gasteiger partial charge in [-0.2, -0.15) is 0 Å². The molecule has 0 aliphatic heterocycles. The van der Waals surface area contributed by atoms with E-state index in [0.29, 0.717) is 6.61 Å². The van der Waals surface area contributed by atoms with Crippen molar-refractivity contribution in [2.75, 3.05) is 33.4 Å². The molecule has 1 heterocycles. The molecule has 0 atom stereocenters. The number of aryl methyl sites for hydroxylation is 1. The van der Waals surface area contributed by atoms with E-state index in [4.69, 9.17) is 4.74 Å². The highest BCUT2D eigenvalue weighted by molar-refractivity contribution is 7.18. The molecule has 0 spiro atoms. The molecule has 1 aromatic carbocycles. The zero-order chi connectivity index (χ0) is 15.6. The van der Waals surface area contributed by atoms with Crippen molar-refractivity contribution in [3.8, 4) is 0 Å². The molecule has 5 nitrogen and oxygen atoms in total. The first-order valence-electron chi connectivity index (χ1n) is 7.70. The van der Waals surface area contributed by atoms with Gasteiger partial charge in [0.1, 0.15) is 0 Å². The normalized spacial score (nSPS) is 11.8. The summed E-state index contributed by atoms with van der Waals surface area (Å²) in [6, 6.07) is 8.28. The Morgan fingerprint density at radius 2 is 2.09 bits per heavy atom. The first-order valence-corrected chi connectivity index (χ1v) is 8.52. The lowest BCUT2D eigenvalue weighted by Crippen LogP contribution is -2.39. The van der Waals surface area contributed by atoms with E-state index >= 15 is 0 Å². The topological polar surface area (TPSA) is 58.5 Å². The fraction of sp³-hybridized carbons (Fsp3) is 0.500. The van der Waals surface area contributed by atoms with Crippen LogP contribution in [0.25, 0.3) is 10.2 Å². The molecule has 22 heavy (non-hydrogen) atoms. The molecule has 1 aromatic heterocycles. The molecule has 0 unspecified atom stereocenters. The second-order valence-electron chi connectivity index (χ2n) is 4.80. The van der Waals surface area contributed by atoms with Crippen LogP contribution in [0.5, 0.6) is 0 Å². The van der Waals surface area contributed by atoms with Gasteiger partial charge in [0.2, 0.25) is 0 Å². The van der Waals surface area contributed by atoms with Gasteiger partial charge in [0, 0.05) is 33.2 Å². The summed E-state index contributed by atoms with van der Waals surface area (Å²) >= 11 is 1.78. The fourth-order valence-corrected chi connectivity index (χ4v) is 3.09. The zero-order valence-corrected chi connectivity index (χ0v) is 14.1. The lowest BCUT2D eigenvalue weighted by molar-refractivity contribution is 0.152. The summed E-state index contributed by atoms with van der Waals surface area (Å²) in [6.07, 6.45) is 2.02. The Labute approximate surface area is 135 Å². The molecule has 2 rings (SSSR count). The highest BCUT2D eigenvalue weighted by Crippen LogP contribution is 2.22. The van der Waals surface area contributed by atoms with Gasteiger partial charge < -0.3 is 15.4 Å². The SMILES string of the molecule is CCOCCNC(=NC)NCCCc1nc2ccccc2s1. The van der Waals surface area contributed by atoms with Crippen molar-refractivity contribution in [3.05, 3.63) is 29.3 Å². The summed E-state index contributed by atoms with van der Waals surface area (Å²) in [5, 5.41) is 7.73. The highest BCUT2D eigenvalue weighted by atomic mass is 32.1. The van der Waals surface area contributed by atoms with Gasteiger partial charge in [0.25, 0.3) is 0 Å². The van der Waals surface area contributed by atoms with Gasteiger partial charge >= 0.3 is 0 Å². The maximum Gasteiger partial charge on any atom is 0.191 e. The van der Waals surface area contributed by atoms with Crippen molar-refractivity contribution in [1.82, 2.24) is 15.6 Å². The van der Waals surface area contributed by atoms with Crippen molar-refractivity contribution >= 4 is 27.5 Å². The number of ether oxygens (including phenoxy) is 1. The number of rotatable bonds is 8. The van der Waals surface area contributed by atoms with Crippen molar-refractivity contribution in [2.45, 2.75) is 19.8 Å². The Hall–Kier alpha value is -1.66. The molecule has 0 bridgehead atoms. The number of benzene rings is 1. The summed E-state index contributed by atoms with van der Waals surface area (Å²) < 4.78 is 6.55. The predicted octanol–water partition coefficient (Wildman–Crippen LogP) is 2.43. The summed E-state index contributed by atoms with van der Waals surface area (Å²) in [5.74, 6) is 0.823. The van der Waals surface area contributed by atoms with E-state index in [-0.39, 0.29) is 0 Å². The van der Waals surface area contributed by atoms with E-state index in [0.717, 1.165) is 44.0 Å². The lowest BCUT2D eigenvalue weighted by Gasteiger charge is -2.11. The van der Waals surface area contributed by atoms with Gasteiger partial charge in [-0.05, 0) is 25.5 Å². The number of fused-ring (bicyclic) bond motifs is 1. The predicted molar refractivity (Wildman–Crippen MR) is 93.8 cm³/mol. The number of nitrogens with zero attached hydrogens (tertiary/aromatic N) is 2. The average Bonchev–Trinajstić information content (AvgIpc) is 2.96. The number of aliphatic imine (C=N–C) groups is 1. The molecule has 120 valence electrons. The van der Waals surface area contributed by atoms with Crippen molar-refractivity contribution in [1.29, 1.82) is 0 Å². The number of hydrogen-bond donors (Lipinski definition) is 2. The molecule has 2 aromatic rings. The second kappa shape index (κ2) is 9.38. The smallest absolute Gasteiger partial charge is 0.191 e. The van der Waals surface area contributed by atoms with Crippen LogP contribution in [0.3, 0.4) is 0 Å². The van der Waals surface area contributed by atoms with Crippen molar-refractivity contribution in [2.24, 2.45) is 4.99 Å². The van der Waals surface area contributed by atoms with Gasteiger partial charge in [-0.25, -0.2) is 4.98 Å². The van der Waals surface area contributed by atoms with Crippen LogP contribution in [0.2, 0.25) is 0 Å². The Morgan fingerprint density at radius 1 is 1.27 bits per heavy atom. The van der Waals surface area contributed by atoms with Crippen LogP contribution >= 0.6 is 11.3 Å². The number of para-hydroxylation sites is 1. The van der Waals surface area contributed by atoms with E-state index in [1.807, 2.05) is 13.0 Å². The Kier molecular flexibility index (Phi) is 7.12. The summed E-state index contributed by atoms with van der Waals surface area (Å²) in [7, 11) is 1.78. The van der Waals surface area contributed by atoms with Gasteiger partial charge in [-0.3, -0.25) is 4.99 Å². The zero-order valence-electron chi connectivity index (χ0n) is 13.3. The molecule has 0 saturated heterocycles. The van der Waals surface area contributed by atoms with E-state index < -0.39 is 0 Å². The third-order valence-electron chi connectivity index (χ3n) is 3.16.